The summed E-state index contributed by atoms with van der Waals surface area (Å²) in [6.07, 6.45) is -4.43. The van der Waals surface area contributed by atoms with Gasteiger partial charge in [0.05, 0.1) is 5.56 Å². The van der Waals surface area contributed by atoms with Gasteiger partial charge >= 0.3 is 6.18 Å². The number of rotatable bonds is 4. The molecule has 0 bridgehead atoms. The summed E-state index contributed by atoms with van der Waals surface area (Å²) in [4.78, 5) is 23.8. The molecule has 0 unspecified atom stereocenters. The molecule has 1 atom stereocenters. The summed E-state index contributed by atoms with van der Waals surface area (Å²) in [5.74, 6) is 1.52. The van der Waals surface area contributed by atoms with Gasteiger partial charge in [-0.3, -0.25) is 9.59 Å². The number of nitrogens with two attached hydrogens (primary N) is 1. The predicted octanol–water partition coefficient (Wildman–Crippen LogP) is 3.73. The van der Waals surface area contributed by atoms with Crippen LogP contribution < -0.4 is 11.1 Å². The van der Waals surface area contributed by atoms with Gasteiger partial charge in [-0.25, -0.2) is 0 Å². The summed E-state index contributed by atoms with van der Waals surface area (Å²) < 4.78 is 37.7. The number of amides is 2. The van der Waals surface area contributed by atoms with Crippen molar-refractivity contribution in [3.05, 3.63) is 35.4 Å². The van der Waals surface area contributed by atoms with Crippen LogP contribution in [0.25, 0.3) is 0 Å². The van der Waals surface area contributed by atoms with Crippen LogP contribution in [-0.2, 0) is 11.0 Å². The molecule has 1 aromatic rings. The fourth-order valence-electron chi connectivity index (χ4n) is 1.84. The Labute approximate surface area is 158 Å². The van der Waals surface area contributed by atoms with Crippen molar-refractivity contribution in [2.75, 3.05) is 0 Å². The number of hydrogen-bond donors (Lipinski definition) is 2. The Bertz CT molecular complexity index is 754. The number of primary amides is 1. The minimum absolute atomic E-state index is 0.00612. The first kappa shape index (κ1) is 22.8. The molecule has 0 fully saturated rings. The van der Waals surface area contributed by atoms with Crippen molar-refractivity contribution in [1.29, 1.82) is 0 Å². The Kier molecular flexibility index (Phi) is 6.89. The minimum Gasteiger partial charge on any atom is -0.368 e. The Hall–Kier alpha value is -2.27. The van der Waals surface area contributed by atoms with Crippen molar-refractivity contribution in [2.45, 2.75) is 57.5 Å². The Morgan fingerprint density at radius 1 is 1.15 bits per heavy atom. The second-order valence-electron chi connectivity index (χ2n) is 7.88. The highest BCUT2D eigenvalue weighted by atomic mass is 28.3. The number of carbonyl (C=O) groups is 2. The van der Waals surface area contributed by atoms with Crippen LogP contribution in [0, 0.1) is 11.5 Å². The third kappa shape index (κ3) is 6.43. The van der Waals surface area contributed by atoms with Crippen LogP contribution in [0.4, 0.5) is 13.2 Å². The van der Waals surface area contributed by atoms with Crippen molar-refractivity contribution in [1.82, 2.24) is 5.32 Å². The van der Waals surface area contributed by atoms with Crippen LogP contribution in [0.1, 0.15) is 43.1 Å². The molecular formula is C19H25F3N2O2Si. The molecule has 0 saturated carbocycles. The highest BCUT2D eigenvalue weighted by molar-refractivity contribution is 6.87. The summed E-state index contributed by atoms with van der Waals surface area (Å²) in [6.45, 7) is 10.5. The second kappa shape index (κ2) is 8.17. The molecule has 148 valence electrons. The van der Waals surface area contributed by atoms with E-state index >= 15 is 0 Å². The lowest BCUT2D eigenvalue weighted by Gasteiger charge is -2.31. The average molecular weight is 399 g/mol. The van der Waals surface area contributed by atoms with E-state index < -0.39 is 37.7 Å². The highest BCUT2D eigenvalue weighted by Crippen LogP contribution is 2.35. The molecule has 0 spiro atoms. The average Bonchev–Trinajstić information content (AvgIpc) is 2.51. The molecule has 0 heterocycles. The first-order chi connectivity index (χ1) is 12.1. The first-order valence-electron chi connectivity index (χ1n) is 8.42. The van der Waals surface area contributed by atoms with E-state index in [-0.39, 0.29) is 17.0 Å². The van der Waals surface area contributed by atoms with E-state index in [1.54, 1.807) is 0 Å². The van der Waals surface area contributed by atoms with Crippen LogP contribution in [-0.4, -0.2) is 25.9 Å². The lowest BCUT2D eigenvalue weighted by atomic mass is 10.1. The molecule has 8 heteroatoms. The van der Waals surface area contributed by atoms with Gasteiger partial charge < -0.3 is 11.1 Å². The van der Waals surface area contributed by atoms with Crippen LogP contribution in [0.5, 0.6) is 0 Å². The van der Waals surface area contributed by atoms with Gasteiger partial charge in [-0.05, 0) is 29.3 Å². The standard InChI is InChI=1S/C19H25F3N2O2Si/c1-18(2,3)27(4,5)12-6-7-15(16(23)25)24-17(26)13-8-10-14(11-9-13)19(20,21)22/h8-11,15H,7H2,1-5H3,(H2,23,25)(H,24,26)/t15-/m0/s1. The van der Waals surface area contributed by atoms with Gasteiger partial charge in [0, 0.05) is 12.0 Å². The number of hydrogen-bond acceptors (Lipinski definition) is 2. The zero-order chi connectivity index (χ0) is 21.0. The summed E-state index contributed by atoms with van der Waals surface area (Å²) in [7, 11) is -1.87. The molecule has 3 N–H and O–H groups in total. The van der Waals surface area contributed by atoms with Crippen LogP contribution in [0.2, 0.25) is 18.1 Å². The fraction of sp³-hybridized carbons (Fsp3) is 0.474. The summed E-state index contributed by atoms with van der Waals surface area (Å²) in [5.41, 5.74) is 7.70. The van der Waals surface area contributed by atoms with Gasteiger partial charge in [0.15, 0.2) is 0 Å². The molecule has 0 aromatic heterocycles. The number of alkyl halides is 3. The number of benzene rings is 1. The lowest BCUT2D eigenvalue weighted by Crippen LogP contribution is -2.44. The van der Waals surface area contributed by atoms with Gasteiger partial charge in [0.1, 0.15) is 14.1 Å². The van der Waals surface area contributed by atoms with Crippen LogP contribution in [0.3, 0.4) is 0 Å². The molecule has 2 amide bonds. The normalized spacial score (nSPS) is 13.3. The van der Waals surface area contributed by atoms with E-state index in [4.69, 9.17) is 5.73 Å². The fourth-order valence-corrected chi connectivity index (χ4v) is 2.76. The molecule has 0 saturated heterocycles. The van der Waals surface area contributed by atoms with Crippen LogP contribution >= 0.6 is 0 Å². The highest BCUT2D eigenvalue weighted by Gasteiger charge is 2.34. The first-order valence-corrected chi connectivity index (χ1v) is 11.4. The topological polar surface area (TPSA) is 72.2 Å². The quantitative estimate of drug-likeness (QED) is 0.599. The smallest absolute Gasteiger partial charge is 0.368 e. The maximum absolute atomic E-state index is 12.6. The summed E-state index contributed by atoms with van der Waals surface area (Å²) >= 11 is 0. The lowest BCUT2D eigenvalue weighted by molar-refractivity contribution is -0.137. The van der Waals surface area contributed by atoms with Crippen molar-refractivity contribution >= 4 is 19.9 Å². The predicted molar refractivity (Wildman–Crippen MR) is 101 cm³/mol. The van der Waals surface area contributed by atoms with E-state index in [0.717, 1.165) is 24.3 Å². The number of nitrogens with one attached hydrogen (secondary N) is 1. The second-order valence-corrected chi connectivity index (χ2v) is 12.9. The van der Waals surface area contributed by atoms with Gasteiger partial charge in [-0.1, -0.05) is 33.9 Å². The summed E-state index contributed by atoms with van der Waals surface area (Å²) in [6, 6.07) is 2.71. The Morgan fingerprint density at radius 2 is 1.67 bits per heavy atom. The Morgan fingerprint density at radius 3 is 2.07 bits per heavy atom. The summed E-state index contributed by atoms with van der Waals surface area (Å²) in [5, 5.41) is 2.48. The number of halogens is 3. The molecule has 1 rings (SSSR count). The molecule has 4 nitrogen and oxygen atoms in total. The third-order valence-electron chi connectivity index (χ3n) is 4.71. The van der Waals surface area contributed by atoms with Crippen molar-refractivity contribution < 1.29 is 22.8 Å². The molecule has 27 heavy (non-hydrogen) atoms. The molecule has 0 radical (unpaired) electrons. The van der Waals surface area contributed by atoms with E-state index in [2.05, 4.69) is 50.6 Å². The third-order valence-corrected chi connectivity index (χ3v) is 9.26. The minimum atomic E-state index is -4.48. The van der Waals surface area contributed by atoms with E-state index in [1.807, 2.05) is 0 Å². The van der Waals surface area contributed by atoms with Crippen molar-refractivity contribution in [3.63, 3.8) is 0 Å². The zero-order valence-electron chi connectivity index (χ0n) is 16.1. The van der Waals surface area contributed by atoms with Crippen molar-refractivity contribution in [3.8, 4) is 11.5 Å². The maximum atomic E-state index is 12.6. The molecular weight excluding hydrogens is 373 g/mol. The van der Waals surface area contributed by atoms with E-state index in [1.165, 1.54) is 0 Å². The van der Waals surface area contributed by atoms with Gasteiger partial charge in [0.2, 0.25) is 5.91 Å². The maximum Gasteiger partial charge on any atom is 0.416 e. The van der Waals surface area contributed by atoms with E-state index in [9.17, 15) is 22.8 Å². The number of carbonyl (C=O) groups excluding carboxylic acids is 2. The molecule has 0 aliphatic carbocycles. The monoisotopic (exact) mass is 398 g/mol. The van der Waals surface area contributed by atoms with Gasteiger partial charge in [-0.2, -0.15) is 13.2 Å². The molecule has 0 aliphatic rings. The van der Waals surface area contributed by atoms with Gasteiger partial charge in [-0.15, -0.1) is 11.5 Å². The van der Waals surface area contributed by atoms with Crippen molar-refractivity contribution in [2.24, 2.45) is 5.73 Å². The van der Waals surface area contributed by atoms with Crippen LogP contribution in [0.15, 0.2) is 24.3 Å². The SMILES string of the molecule is CC(C)(C)[Si](C)(C)C#CC[C@H](NC(=O)c1ccc(C(F)(F)F)cc1)C(N)=O. The largest absolute Gasteiger partial charge is 0.416 e. The van der Waals surface area contributed by atoms with Gasteiger partial charge in [0.25, 0.3) is 5.91 Å². The molecule has 1 aromatic carbocycles. The Balaban J connectivity index is 2.87. The van der Waals surface area contributed by atoms with E-state index in [0.29, 0.717) is 0 Å². The zero-order valence-corrected chi connectivity index (χ0v) is 17.1. The molecule has 0 aliphatic heterocycles.